The van der Waals surface area contributed by atoms with E-state index in [4.69, 9.17) is 21.1 Å². The van der Waals surface area contributed by atoms with Gasteiger partial charge in [-0.3, -0.25) is 0 Å². The Labute approximate surface area is 130 Å². The third-order valence-corrected chi connectivity index (χ3v) is 3.45. The van der Waals surface area contributed by atoms with Crippen LogP contribution < -0.4 is 10.1 Å². The van der Waals surface area contributed by atoms with Crippen LogP contribution in [0.3, 0.4) is 0 Å². The maximum atomic E-state index is 6.02. The van der Waals surface area contributed by atoms with Crippen molar-refractivity contribution in [3.05, 3.63) is 64.7 Å². The third-order valence-electron chi connectivity index (χ3n) is 3.22. The van der Waals surface area contributed by atoms with Crippen LogP contribution in [0.5, 0.6) is 5.75 Å². The SMILES string of the molecule is CNCC(OCc1cccc(Cl)c1)c1ccc(OC)cc1. The largest absolute Gasteiger partial charge is 0.497 e. The Kier molecular flexibility index (Phi) is 6.05. The topological polar surface area (TPSA) is 30.5 Å². The Bertz CT molecular complexity index is 557. The Balaban J connectivity index is 2.04. The van der Waals surface area contributed by atoms with E-state index in [0.717, 1.165) is 28.4 Å². The molecule has 0 saturated heterocycles. The summed E-state index contributed by atoms with van der Waals surface area (Å²) >= 11 is 5.99. The fraction of sp³-hybridized carbons (Fsp3) is 0.294. The highest BCUT2D eigenvalue weighted by Crippen LogP contribution is 2.22. The van der Waals surface area contributed by atoms with E-state index in [1.165, 1.54) is 0 Å². The maximum absolute atomic E-state index is 6.02. The van der Waals surface area contributed by atoms with Crippen LogP contribution in [0.4, 0.5) is 0 Å². The minimum absolute atomic E-state index is 0.0140. The molecule has 0 saturated carbocycles. The molecule has 2 rings (SSSR count). The molecule has 1 atom stereocenters. The molecule has 1 N–H and O–H groups in total. The van der Waals surface area contributed by atoms with Crippen LogP contribution in [-0.4, -0.2) is 20.7 Å². The first-order valence-corrected chi connectivity index (χ1v) is 7.25. The van der Waals surface area contributed by atoms with Crippen LogP contribution in [0.25, 0.3) is 0 Å². The molecule has 0 bridgehead atoms. The first-order chi connectivity index (χ1) is 10.2. The summed E-state index contributed by atoms with van der Waals surface area (Å²) < 4.78 is 11.2. The lowest BCUT2D eigenvalue weighted by molar-refractivity contribution is 0.0410. The van der Waals surface area contributed by atoms with E-state index in [-0.39, 0.29) is 6.10 Å². The average Bonchev–Trinajstić information content (AvgIpc) is 2.52. The van der Waals surface area contributed by atoms with Gasteiger partial charge in [0.05, 0.1) is 19.8 Å². The van der Waals surface area contributed by atoms with Crippen molar-refractivity contribution >= 4 is 11.6 Å². The van der Waals surface area contributed by atoms with Crippen molar-refractivity contribution in [3.63, 3.8) is 0 Å². The number of benzene rings is 2. The highest BCUT2D eigenvalue weighted by Gasteiger charge is 2.11. The number of hydrogen-bond acceptors (Lipinski definition) is 3. The van der Waals surface area contributed by atoms with E-state index in [2.05, 4.69) is 5.32 Å². The van der Waals surface area contributed by atoms with E-state index in [0.29, 0.717) is 6.61 Å². The van der Waals surface area contributed by atoms with Gasteiger partial charge in [0.15, 0.2) is 0 Å². The predicted octanol–water partition coefficient (Wildman–Crippen LogP) is 3.83. The molecule has 0 aliphatic rings. The van der Waals surface area contributed by atoms with Gasteiger partial charge in [0, 0.05) is 11.6 Å². The minimum Gasteiger partial charge on any atom is -0.497 e. The highest BCUT2D eigenvalue weighted by molar-refractivity contribution is 6.30. The van der Waals surface area contributed by atoms with Crippen LogP contribution in [0.1, 0.15) is 17.2 Å². The molecular formula is C17H20ClNO2. The van der Waals surface area contributed by atoms with Crippen molar-refractivity contribution in [2.45, 2.75) is 12.7 Å². The molecule has 4 heteroatoms. The van der Waals surface area contributed by atoms with Gasteiger partial charge in [-0.25, -0.2) is 0 Å². The van der Waals surface area contributed by atoms with E-state index >= 15 is 0 Å². The first-order valence-electron chi connectivity index (χ1n) is 6.87. The molecule has 3 nitrogen and oxygen atoms in total. The normalized spacial score (nSPS) is 12.1. The second-order valence-electron chi connectivity index (χ2n) is 4.76. The summed E-state index contributed by atoms with van der Waals surface area (Å²) in [4.78, 5) is 0. The monoisotopic (exact) mass is 305 g/mol. The maximum Gasteiger partial charge on any atom is 0.118 e. The first kappa shape index (κ1) is 15.8. The van der Waals surface area contributed by atoms with Gasteiger partial charge in [0.25, 0.3) is 0 Å². The summed E-state index contributed by atoms with van der Waals surface area (Å²) in [5, 5.41) is 3.89. The fourth-order valence-corrected chi connectivity index (χ4v) is 2.31. The molecule has 0 aromatic heterocycles. The molecule has 2 aromatic carbocycles. The lowest BCUT2D eigenvalue weighted by Gasteiger charge is -2.18. The molecule has 0 aliphatic carbocycles. The van der Waals surface area contributed by atoms with E-state index < -0.39 is 0 Å². The number of halogens is 1. The lowest BCUT2D eigenvalue weighted by Crippen LogP contribution is -2.19. The van der Waals surface area contributed by atoms with Crippen molar-refractivity contribution in [2.75, 3.05) is 20.7 Å². The van der Waals surface area contributed by atoms with Crippen molar-refractivity contribution in [1.82, 2.24) is 5.32 Å². The van der Waals surface area contributed by atoms with Gasteiger partial charge in [-0.1, -0.05) is 35.9 Å². The number of nitrogens with one attached hydrogen (secondary N) is 1. The second-order valence-corrected chi connectivity index (χ2v) is 5.20. The van der Waals surface area contributed by atoms with Crippen molar-refractivity contribution in [3.8, 4) is 5.75 Å². The second kappa shape index (κ2) is 8.03. The van der Waals surface area contributed by atoms with Crippen LogP contribution >= 0.6 is 11.6 Å². The number of methoxy groups -OCH3 is 1. The zero-order valence-corrected chi connectivity index (χ0v) is 13.1. The Morgan fingerprint density at radius 3 is 2.52 bits per heavy atom. The Morgan fingerprint density at radius 2 is 1.90 bits per heavy atom. The van der Waals surface area contributed by atoms with Crippen molar-refractivity contribution < 1.29 is 9.47 Å². The summed E-state index contributed by atoms with van der Waals surface area (Å²) in [5.74, 6) is 0.844. The van der Waals surface area contributed by atoms with Crippen LogP contribution in [-0.2, 0) is 11.3 Å². The quantitative estimate of drug-likeness (QED) is 0.843. The number of hydrogen-bond donors (Lipinski definition) is 1. The molecule has 112 valence electrons. The molecule has 0 heterocycles. The fourth-order valence-electron chi connectivity index (χ4n) is 2.10. The van der Waals surface area contributed by atoms with Gasteiger partial charge in [-0.15, -0.1) is 0 Å². The predicted molar refractivity (Wildman–Crippen MR) is 85.9 cm³/mol. The van der Waals surface area contributed by atoms with E-state index in [1.54, 1.807) is 7.11 Å². The molecule has 1 unspecified atom stereocenters. The standard InChI is InChI=1S/C17H20ClNO2/c1-19-11-17(14-6-8-16(20-2)9-7-14)21-12-13-4-3-5-15(18)10-13/h3-10,17,19H,11-12H2,1-2H3. The van der Waals surface area contributed by atoms with Crippen molar-refractivity contribution in [1.29, 1.82) is 0 Å². The van der Waals surface area contributed by atoms with Gasteiger partial charge in [0.2, 0.25) is 0 Å². The van der Waals surface area contributed by atoms with Crippen LogP contribution in [0.2, 0.25) is 5.02 Å². The number of likely N-dealkylation sites (N-methyl/N-ethyl adjacent to an activating group) is 1. The summed E-state index contributed by atoms with van der Waals surface area (Å²) in [6.07, 6.45) is -0.0140. The Hall–Kier alpha value is -1.55. The number of rotatable bonds is 7. The molecule has 0 fully saturated rings. The van der Waals surface area contributed by atoms with Gasteiger partial charge in [-0.2, -0.15) is 0 Å². The molecule has 0 spiro atoms. The van der Waals surface area contributed by atoms with Crippen LogP contribution in [0, 0.1) is 0 Å². The van der Waals surface area contributed by atoms with Gasteiger partial charge in [-0.05, 0) is 42.4 Å². The molecule has 2 aromatic rings. The summed E-state index contributed by atoms with van der Waals surface area (Å²) in [7, 11) is 3.58. The summed E-state index contributed by atoms with van der Waals surface area (Å²) in [6, 6.07) is 15.7. The minimum atomic E-state index is -0.0140. The highest BCUT2D eigenvalue weighted by atomic mass is 35.5. The summed E-state index contributed by atoms with van der Waals surface area (Å²) in [6.45, 7) is 1.27. The Morgan fingerprint density at radius 1 is 1.14 bits per heavy atom. The average molecular weight is 306 g/mol. The molecule has 0 amide bonds. The lowest BCUT2D eigenvalue weighted by atomic mass is 10.1. The van der Waals surface area contributed by atoms with Crippen molar-refractivity contribution in [2.24, 2.45) is 0 Å². The molecular weight excluding hydrogens is 286 g/mol. The van der Waals surface area contributed by atoms with E-state index in [1.807, 2.05) is 55.6 Å². The van der Waals surface area contributed by atoms with E-state index in [9.17, 15) is 0 Å². The van der Waals surface area contributed by atoms with Gasteiger partial charge in [0.1, 0.15) is 5.75 Å². The zero-order chi connectivity index (χ0) is 15.1. The third kappa shape index (κ3) is 4.74. The van der Waals surface area contributed by atoms with Gasteiger partial charge < -0.3 is 14.8 Å². The summed E-state index contributed by atoms with van der Waals surface area (Å²) in [5.41, 5.74) is 2.18. The number of ether oxygens (including phenoxy) is 2. The smallest absolute Gasteiger partial charge is 0.118 e. The molecule has 0 aliphatic heterocycles. The zero-order valence-electron chi connectivity index (χ0n) is 12.3. The molecule has 21 heavy (non-hydrogen) atoms. The molecule has 0 radical (unpaired) electrons. The van der Waals surface area contributed by atoms with Crippen LogP contribution in [0.15, 0.2) is 48.5 Å². The van der Waals surface area contributed by atoms with Gasteiger partial charge >= 0.3 is 0 Å².